The van der Waals surface area contributed by atoms with Crippen LogP contribution in [0.3, 0.4) is 0 Å². The molecule has 18 heavy (non-hydrogen) atoms. The fourth-order valence-electron chi connectivity index (χ4n) is 1.53. The van der Waals surface area contributed by atoms with Gasteiger partial charge in [-0.1, -0.05) is 18.9 Å². The molecule has 4 heteroatoms. The van der Waals surface area contributed by atoms with Crippen LogP contribution in [0, 0.1) is 5.92 Å². The first-order valence-corrected chi connectivity index (χ1v) is 6.34. The maximum Gasteiger partial charge on any atom is 0.320 e. The van der Waals surface area contributed by atoms with Crippen LogP contribution in [0.4, 0.5) is 0 Å². The number of carbonyl (C=O) groups excluding carboxylic acids is 1. The summed E-state index contributed by atoms with van der Waals surface area (Å²) in [6.07, 6.45) is 5.68. The van der Waals surface area contributed by atoms with E-state index >= 15 is 0 Å². The molecule has 0 unspecified atom stereocenters. The first-order chi connectivity index (χ1) is 8.28. The van der Waals surface area contributed by atoms with Gasteiger partial charge < -0.3 is 9.84 Å². The lowest BCUT2D eigenvalue weighted by Gasteiger charge is -2.22. The van der Waals surface area contributed by atoms with Gasteiger partial charge in [-0.2, -0.15) is 0 Å². The molecule has 1 N–H and O–H groups in total. The molecule has 0 aromatic carbocycles. The van der Waals surface area contributed by atoms with Crippen molar-refractivity contribution in [3.63, 3.8) is 0 Å². The highest BCUT2D eigenvalue weighted by atomic mass is 16.6. The molecule has 4 nitrogen and oxygen atoms in total. The third-order valence-corrected chi connectivity index (χ3v) is 2.39. The molecule has 0 aliphatic rings. The van der Waals surface area contributed by atoms with Crippen molar-refractivity contribution in [3.05, 3.63) is 12.7 Å². The fraction of sp³-hybridized carbons (Fsp3) is 0.714. The highest BCUT2D eigenvalue weighted by Crippen LogP contribution is 2.17. The quantitative estimate of drug-likeness (QED) is 0.313. The minimum absolute atomic E-state index is 0.335. The molecule has 0 saturated heterocycles. The normalized spacial score (nSPS) is 12.8. The van der Waals surface area contributed by atoms with Crippen molar-refractivity contribution in [2.24, 2.45) is 5.92 Å². The summed E-state index contributed by atoms with van der Waals surface area (Å²) in [7, 11) is 0. The summed E-state index contributed by atoms with van der Waals surface area (Å²) < 4.78 is 5.10. The van der Waals surface area contributed by atoms with Crippen LogP contribution >= 0.6 is 0 Å². The Kier molecular flexibility index (Phi) is 7.32. The van der Waals surface area contributed by atoms with E-state index in [2.05, 4.69) is 6.58 Å². The predicted molar refractivity (Wildman–Crippen MR) is 70.3 cm³/mol. The van der Waals surface area contributed by atoms with Crippen LogP contribution in [0.15, 0.2) is 12.7 Å². The van der Waals surface area contributed by atoms with Gasteiger partial charge in [-0.25, -0.2) is 0 Å². The molecular weight excluding hydrogens is 232 g/mol. The number of unbranched alkanes of at least 4 members (excludes halogenated alkanes) is 3. The first-order valence-electron chi connectivity index (χ1n) is 6.34. The number of aliphatic carboxylic acids is 1. The van der Waals surface area contributed by atoms with Gasteiger partial charge in [-0.05, 0) is 40.0 Å². The zero-order chi connectivity index (χ0) is 14.2. The smallest absolute Gasteiger partial charge is 0.320 e. The Labute approximate surface area is 109 Å². The summed E-state index contributed by atoms with van der Waals surface area (Å²) in [5.41, 5.74) is -0.645. The molecule has 104 valence electrons. The number of carboxylic acid groups (broad SMARTS) is 1. The van der Waals surface area contributed by atoms with Crippen molar-refractivity contribution in [3.8, 4) is 0 Å². The van der Waals surface area contributed by atoms with Gasteiger partial charge in [-0.15, -0.1) is 6.58 Å². The van der Waals surface area contributed by atoms with E-state index < -0.39 is 23.5 Å². The maximum atomic E-state index is 11.7. The van der Waals surface area contributed by atoms with Crippen molar-refractivity contribution in [2.75, 3.05) is 0 Å². The summed E-state index contributed by atoms with van der Waals surface area (Å²) in [5, 5.41) is 9.03. The van der Waals surface area contributed by atoms with E-state index in [0.29, 0.717) is 12.8 Å². The Morgan fingerprint density at radius 1 is 1.28 bits per heavy atom. The van der Waals surface area contributed by atoms with Crippen molar-refractivity contribution in [1.82, 2.24) is 0 Å². The van der Waals surface area contributed by atoms with Crippen LogP contribution in [0.2, 0.25) is 0 Å². The zero-order valence-electron chi connectivity index (χ0n) is 11.6. The fourth-order valence-corrected chi connectivity index (χ4v) is 1.53. The molecule has 0 fully saturated rings. The van der Waals surface area contributed by atoms with Crippen LogP contribution in [0.25, 0.3) is 0 Å². The number of allylic oxidation sites excluding steroid dienone is 1. The number of hydrogen-bond acceptors (Lipinski definition) is 3. The zero-order valence-corrected chi connectivity index (χ0v) is 11.6. The van der Waals surface area contributed by atoms with Gasteiger partial charge >= 0.3 is 11.9 Å². The molecule has 0 rings (SSSR count). The van der Waals surface area contributed by atoms with Gasteiger partial charge in [0.15, 0.2) is 5.92 Å². The van der Waals surface area contributed by atoms with E-state index in [-0.39, 0.29) is 0 Å². The van der Waals surface area contributed by atoms with E-state index in [1.165, 1.54) is 0 Å². The second kappa shape index (κ2) is 7.90. The molecule has 0 bridgehead atoms. The molecule has 0 saturated carbocycles. The van der Waals surface area contributed by atoms with E-state index in [0.717, 1.165) is 19.3 Å². The summed E-state index contributed by atoms with van der Waals surface area (Å²) in [4.78, 5) is 22.7. The monoisotopic (exact) mass is 256 g/mol. The average Bonchev–Trinajstić information content (AvgIpc) is 2.19. The van der Waals surface area contributed by atoms with Crippen molar-refractivity contribution < 1.29 is 19.4 Å². The van der Waals surface area contributed by atoms with E-state index in [9.17, 15) is 9.59 Å². The summed E-state index contributed by atoms with van der Waals surface area (Å²) >= 11 is 0. The Bertz CT molecular complexity index is 289. The lowest BCUT2D eigenvalue weighted by Crippen LogP contribution is -2.32. The number of carbonyl (C=O) groups is 2. The summed E-state index contributed by atoms with van der Waals surface area (Å²) in [5.74, 6) is -2.79. The number of ether oxygens (including phenoxy) is 1. The minimum Gasteiger partial charge on any atom is -0.481 e. The molecule has 0 spiro atoms. The van der Waals surface area contributed by atoms with E-state index in [4.69, 9.17) is 9.84 Å². The van der Waals surface area contributed by atoms with E-state index in [1.54, 1.807) is 20.8 Å². The number of hydrogen-bond donors (Lipinski definition) is 1. The van der Waals surface area contributed by atoms with Crippen LogP contribution in [0.5, 0.6) is 0 Å². The molecule has 0 aliphatic carbocycles. The number of carboxylic acids is 1. The third kappa shape index (κ3) is 7.87. The highest BCUT2D eigenvalue weighted by Gasteiger charge is 2.30. The van der Waals surface area contributed by atoms with Gasteiger partial charge in [0.25, 0.3) is 0 Å². The van der Waals surface area contributed by atoms with Gasteiger partial charge in [0.2, 0.25) is 0 Å². The van der Waals surface area contributed by atoms with Crippen molar-refractivity contribution in [1.29, 1.82) is 0 Å². The van der Waals surface area contributed by atoms with Crippen LogP contribution in [-0.4, -0.2) is 22.6 Å². The van der Waals surface area contributed by atoms with Crippen molar-refractivity contribution >= 4 is 11.9 Å². The summed E-state index contributed by atoms with van der Waals surface area (Å²) in [6.45, 7) is 8.81. The predicted octanol–water partition coefficient (Wildman–Crippen LogP) is 3.17. The number of rotatable bonds is 8. The lowest BCUT2D eigenvalue weighted by atomic mass is 10.0. The molecule has 1 atom stereocenters. The SMILES string of the molecule is C=CCCCCC[C@@H](C(=O)O)C(=O)OC(C)(C)C. The molecule has 0 heterocycles. The Balaban J connectivity index is 4.18. The topological polar surface area (TPSA) is 63.6 Å². The van der Waals surface area contributed by atoms with Gasteiger partial charge in [-0.3, -0.25) is 9.59 Å². The average molecular weight is 256 g/mol. The van der Waals surface area contributed by atoms with Crippen LogP contribution in [-0.2, 0) is 14.3 Å². The molecule has 0 aromatic rings. The van der Waals surface area contributed by atoms with E-state index in [1.807, 2.05) is 6.08 Å². The number of esters is 1. The van der Waals surface area contributed by atoms with Gasteiger partial charge in [0, 0.05) is 0 Å². The molecule has 0 radical (unpaired) electrons. The Morgan fingerprint density at radius 3 is 2.33 bits per heavy atom. The maximum absolute atomic E-state index is 11.7. The summed E-state index contributed by atoms with van der Waals surface area (Å²) in [6, 6.07) is 0. The molecule has 0 aromatic heterocycles. The molecular formula is C14H24O4. The molecule has 0 aliphatic heterocycles. The third-order valence-electron chi connectivity index (χ3n) is 2.39. The largest absolute Gasteiger partial charge is 0.481 e. The Morgan fingerprint density at radius 2 is 1.89 bits per heavy atom. The second-order valence-corrected chi connectivity index (χ2v) is 5.35. The second-order valence-electron chi connectivity index (χ2n) is 5.35. The van der Waals surface area contributed by atoms with Gasteiger partial charge in [0.1, 0.15) is 5.60 Å². The highest BCUT2D eigenvalue weighted by molar-refractivity contribution is 5.94. The van der Waals surface area contributed by atoms with Crippen LogP contribution < -0.4 is 0 Å². The first kappa shape index (κ1) is 16.7. The minimum atomic E-state index is -1.10. The van der Waals surface area contributed by atoms with Gasteiger partial charge in [0.05, 0.1) is 0 Å². The Hall–Kier alpha value is -1.32. The van der Waals surface area contributed by atoms with Crippen molar-refractivity contribution in [2.45, 2.75) is 58.5 Å². The van der Waals surface area contributed by atoms with Crippen LogP contribution in [0.1, 0.15) is 52.9 Å². The molecule has 0 amide bonds. The standard InChI is InChI=1S/C14H24O4/c1-5-6-7-8-9-10-11(12(15)16)13(17)18-14(2,3)4/h5,11H,1,6-10H2,2-4H3,(H,15,16)/t11-/m0/s1. The lowest BCUT2D eigenvalue weighted by molar-refractivity contribution is -0.167.